The summed E-state index contributed by atoms with van der Waals surface area (Å²) in [5.74, 6) is 0. The predicted octanol–water partition coefficient (Wildman–Crippen LogP) is 4.64. The quantitative estimate of drug-likeness (QED) is 0.480. The minimum absolute atomic E-state index is 0.727. The number of hydrogen-bond donors (Lipinski definition) is 0. The molecule has 5 rings (SSSR count). The highest BCUT2D eigenvalue weighted by Crippen LogP contribution is 2.31. The highest BCUT2D eigenvalue weighted by molar-refractivity contribution is 6.09. The third-order valence-electron chi connectivity index (χ3n) is 4.94. The maximum absolute atomic E-state index is 4.38. The molecule has 126 valence electrons. The molecule has 0 aliphatic rings. The van der Waals surface area contributed by atoms with E-state index in [0.29, 0.717) is 0 Å². The number of fused-ring (bicyclic) bond motifs is 3. The van der Waals surface area contributed by atoms with E-state index in [4.69, 9.17) is 0 Å². The van der Waals surface area contributed by atoms with Crippen molar-refractivity contribution in [1.82, 2.24) is 19.6 Å². The van der Waals surface area contributed by atoms with Crippen molar-refractivity contribution in [1.29, 1.82) is 0 Å². The number of para-hydroxylation sites is 1. The maximum atomic E-state index is 4.38. The van der Waals surface area contributed by atoms with Gasteiger partial charge in [-0.1, -0.05) is 59.8 Å². The molecular weight excluding hydrogens is 320 g/mol. The molecule has 0 radical (unpaired) electrons. The van der Waals surface area contributed by atoms with Crippen LogP contribution in [0, 0.1) is 0 Å². The van der Waals surface area contributed by atoms with Crippen LogP contribution in [-0.4, -0.2) is 19.6 Å². The van der Waals surface area contributed by atoms with Gasteiger partial charge in [-0.3, -0.25) is 0 Å². The second kappa shape index (κ2) is 5.85. The summed E-state index contributed by atoms with van der Waals surface area (Å²) in [6, 6.07) is 25.3. The van der Waals surface area contributed by atoms with Gasteiger partial charge in [0, 0.05) is 34.4 Å². The van der Waals surface area contributed by atoms with Crippen molar-refractivity contribution in [3.05, 3.63) is 84.6 Å². The summed E-state index contributed by atoms with van der Waals surface area (Å²) in [6.45, 7) is 0.727. The summed E-state index contributed by atoms with van der Waals surface area (Å²) >= 11 is 0. The Kier molecular flexibility index (Phi) is 3.35. The predicted molar refractivity (Wildman–Crippen MR) is 105 cm³/mol. The Balaban J connectivity index is 1.56. The Morgan fingerprint density at radius 2 is 1.58 bits per heavy atom. The van der Waals surface area contributed by atoms with Crippen molar-refractivity contribution in [2.24, 2.45) is 7.05 Å². The fourth-order valence-corrected chi connectivity index (χ4v) is 3.61. The SMILES string of the molecule is Cn1c2ccccc2c2cc(-c3cn(Cc4ccccc4)nn3)ccc21. The van der Waals surface area contributed by atoms with Gasteiger partial charge in [0.2, 0.25) is 0 Å². The summed E-state index contributed by atoms with van der Waals surface area (Å²) in [4.78, 5) is 0. The van der Waals surface area contributed by atoms with Crippen molar-refractivity contribution in [3.63, 3.8) is 0 Å². The van der Waals surface area contributed by atoms with Crippen LogP contribution in [0.1, 0.15) is 5.56 Å². The van der Waals surface area contributed by atoms with Crippen LogP contribution in [-0.2, 0) is 13.6 Å². The first-order chi connectivity index (χ1) is 12.8. The Morgan fingerprint density at radius 3 is 2.46 bits per heavy atom. The van der Waals surface area contributed by atoms with Crippen LogP contribution in [0.25, 0.3) is 33.1 Å². The van der Waals surface area contributed by atoms with E-state index in [1.54, 1.807) is 0 Å². The molecule has 0 atom stereocenters. The lowest BCUT2D eigenvalue weighted by Gasteiger charge is -2.00. The Labute approximate surface area is 151 Å². The number of hydrogen-bond acceptors (Lipinski definition) is 2. The molecule has 0 saturated carbocycles. The summed E-state index contributed by atoms with van der Waals surface area (Å²) in [5.41, 5.74) is 5.68. The molecule has 0 amide bonds. The number of benzene rings is 3. The van der Waals surface area contributed by atoms with Crippen molar-refractivity contribution in [2.45, 2.75) is 6.54 Å². The van der Waals surface area contributed by atoms with Gasteiger partial charge in [0.25, 0.3) is 0 Å². The van der Waals surface area contributed by atoms with E-state index < -0.39 is 0 Å². The molecule has 0 spiro atoms. The second-order valence-electron chi connectivity index (χ2n) is 6.60. The van der Waals surface area contributed by atoms with Gasteiger partial charge < -0.3 is 4.57 Å². The van der Waals surface area contributed by atoms with Crippen LogP contribution < -0.4 is 0 Å². The summed E-state index contributed by atoms with van der Waals surface area (Å²) in [5, 5.41) is 11.2. The monoisotopic (exact) mass is 338 g/mol. The molecule has 0 bridgehead atoms. The van der Waals surface area contributed by atoms with Crippen LogP contribution in [0.3, 0.4) is 0 Å². The lowest BCUT2D eigenvalue weighted by Crippen LogP contribution is -1.99. The molecule has 5 aromatic rings. The first kappa shape index (κ1) is 14.9. The van der Waals surface area contributed by atoms with Crippen LogP contribution in [0.5, 0.6) is 0 Å². The van der Waals surface area contributed by atoms with Gasteiger partial charge in [0.05, 0.1) is 12.7 Å². The number of rotatable bonds is 3. The molecule has 3 aromatic carbocycles. The molecule has 0 N–H and O–H groups in total. The van der Waals surface area contributed by atoms with Gasteiger partial charge in [0.1, 0.15) is 5.69 Å². The topological polar surface area (TPSA) is 35.6 Å². The molecule has 0 aliphatic carbocycles. The third kappa shape index (κ3) is 2.39. The lowest BCUT2D eigenvalue weighted by atomic mass is 10.1. The van der Waals surface area contributed by atoms with E-state index in [-0.39, 0.29) is 0 Å². The van der Waals surface area contributed by atoms with Gasteiger partial charge in [-0.25, -0.2) is 4.68 Å². The highest BCUT2D eigenvalue weighted by Gasteiger charge is 2.11. The molecule has 4 nitrogen and oxygen atoms in total. The minimum atomic E-state index is 0.727. The molecule has 4 heteroatoms. The van der Waals surface area contributed by atoms with Crippen molar-refractivity contribution in [2.75, 3.05) is 0 Å². The zero-order valence-corrected chi connectivity index (χ0v) is 14.5. The maximum Gasteiger partial charge on any atom is 0.113 e. The van der Waals surface area contributed by atoms with E-state index in [1.807, 2.05) is 29.1 Å². The van der Waals surface area contributed by atoms with Gasteiger partial charge in [0.15, 0.2) is 0 Å². The summed E-state index contributed by atoms with van der Waals surface area (Å²) in [6.07, 6.45) is 2.01. The van der Waals surface area contributed by atoms with Crippen LogP contribution >= 0.6 is 0 Å². The van der Waals surface area contributed by atoms with Gasteiger partial charge in [-0.05, 0) is 23.8 Å². The molecule has 0 fully saturated rings. The average molecular weight is 338 g/mol. The van der Waals surface area contributed by atoms with E-state index >= 15 is 0 Å². The normalized spacial score (nSPS) is 11.4. The van der Waals surface area contributed by atoms with Gasteiger partial charge >= 0.3 is 0 Å². The van der Waals surface area contributed by atoms with Gasteiger partial charge in [-0.2, -0.15) is 0 Å². The molecule has 0 unspecified atom stereocenters. The molecule has 2 heterocycles. The van der Waals surface area contributed by atoms with Crippen LogP contribution in [0.2, 0.25) is 0 Å². The average Bonchev–Trinajstić information content (AvgIpc) is 3.26. The van der Waals surface area contributed by atoms with Crippen molar-refractivity contribution >= 4 is 21.8 Å². The molecular formula is C22H18N4. The Morgan fingerprint density at radius 1 is 0.808 bits per heavy atom. The van der Waals surface area contributed by atoms with E-state index in [2.05, 4.69) is 76.5 Å². The second-order valence-corrected chi connectivity index (χ2v) is 6.60. The zero-order valence-electron chi connectivity index (χ0n) is 14.5. The smallest absolute Gasteiger partial charge is 0.113 e. The van der Waals surface area contributed by atoms with E-state index in [1.165, 1.54) is 27.4 Å². The third-order valence-corrected chi connectivity index (χ3v) is 4.94. The standard InChI is InChI=1S/C22H18N4/c1-25-21-10-6-5-9-18(21)19-13-17(11-12-22(19)25)20-15-26(24-23-20)14-16-7-3-2-4-8-16/h2-13,15H,14H2,1H3. The fraction of sp³-hybridized carbons (Fsp3) is 0.0909. The van der Waals surface area contributed by atoms with Crippen molar-refractivity contribution < 1.29 is 0 Å². The minimum Gasteiger partial charge on any atom is -0.344 e. The van der Waals surface area contributed by atoms with Gasteiger partial charge in [-0.15, -0.1) is 5.10 Å². The first-order valence-corrected chi connectivity index (χ1v) is 8.71. The lowest BCUT2D eigenvalue weighted by molar-refractivity contribution is 0.650. The van der Waals surface area contributed by atoms with E-state index in [0.717, 1.165) is 17.8 Å². The number of nitrogens with zero attached hydrogens (tertiary/aromatic N) is 4. The van der Waals surface area contributed by atoms with Crippen molar-refractivity contribution in [3.8, 4) is 11.3 Å². The van der Waals surface area contributed by atoms with Crippen LogP contribution in [0.15, 0.2) is 79.0 Å². The largest absolute Gasteiger partial charge is 0.344 e. The molecule has 2 aromatic heterocycles. The van der Waals surface area contributed by atoms with E-state index in [9.17, 15) is 0 Å². The highest BCUT2D eigenvalue weighted by atomic mass is 15.4. The number of aromatic nitrogens is 4. The summed E-state index contributed by atoms with van der Waals surface area (Å²) < 4.78 is 4.12. The van der Waals surface area contributed by atoms with Crippen LogP contribution in [0.4, 0.5) is 0 Å². The number of aryl methyl sites for hydroxylation is 1. The fourth-order valence-electron chi connectivity index (χ4n) is 3.61. The first-order valence-electron chi connectivity index (χ1n) is 8.71. The Bertz CT molecular complexity index is 1220. The molecule has 0 saturated heterocycles. The summed E-state index contributed by atoms with van der Waals surface area (Å²) in [7, 11) is 2.11. The zero-order chi connectivity index (χ0) is 17.5. The molecule has 0 aliphatic heterocycles. The molecule has 26 heavy (non-hydrogen) atoms. The Hall–Kier alpha value is -3.40.